The molecule has 0 aliphatic carbocycles. The average Bonchev–Trinajstić information content (AvgIpc) is 3.16. The van der Waals surface area contributed by atoms with Crippen LogP contribution >= 0.6 is 8.03 Å². The molecule has 9 heteroatoms. The zero-order valence-corrected chi connectivity index (χ0v) is 15.8. The van der Waals surface area contributed by atoms with Crippen LogP contribution in [0.15, 0.2) is 42.5 Å². The molecule has 2 atom stereocenters. The number of aliphatic hydroxyl groups excluding tert-OH is 1. The first-order valence-corrected chi connectivity index (χ1v) is 9.68. The third-order valence-corrected chi connectivity index (χ3v) is 4.63. The highest BCUT2D eigenvalue weighted by molar-refractivity contribution is 7.45. The van der Waals surface area contributed by atoms with Crippen molar-refractivity contribution in [3.63, 3.8) is 0 Å². The van der Waals surface area contributed by atoms with Crippen LogP contribution in [0.1, 0.15) is 22.3 Å². The maximum Gasteiger partial charge on any atom is 0.348 e. The number of benzene rings is 2. The van der Waals surface area contributed by atoms with Crippen molar-refractivity contribution in [1.29, 1.82) is 5.26 Å². The van der Waals surface area contributed by atoms with Gasteiger partial charge in [0, 0.05) is 29.4 Å². The first-order chi connectivity index (χ1) is 13.4. The molecule has 2 unspecified atom stereocenters. The Hall–Kier alpha value is -2.69. The Balaban J connectivity index is 0.000000397. The summed E-state index contributed by atoms with van der Waals surface area (Å²) in [6, 6.07) is 11.3. The van der Waals surface area contributed by atoms with Crippen molar-refractivity contribution in [2.75, 3.05) is 18.4 Å². The Morgan fingerprint density at radius 3 is 2.75 bits per heavy atom. The summed E-state index contributed by atoms with van der Waals surface area (Å²) >= 11 is 0. The summed E-state index contributed by atoms with van der Waals surface area (Å²) in [5.74, 6) is -1.04. The van der Waals surface area contributed by atoms with Crippen LogP contribution in [0.3, 0.4) is 0 Å². The third-order valence-electron chi connectivity index (χ3n) is 3.93. The van der Waals surface area contributed by atoms with E-state index in [9.17, 15) is 18.6 Å². The lowest BCUT2D eigenvalue weighted by atomic mass is 10.1. The van der Waals surface area contributed by atoms with Crippen LogP contribution in [-0.4, -0.2) is 30.2 Å². The number of nitrogens with zero attached hydrogens (tertiary/aromatic N) is 1. The van der Waals surface area contributed by atoms with E-state index in [4.69, 9.17) is 10.4 Å². The van der Waals surface area contributed by atoms with Gasteiger partial charge in [0.05, 0.1) is 18.6 Å². The van der Waals surface area contributed by atoms with Gasteiger partial charge in [0.1, 0.15) is 5.82 Å². The van der Waals surface area contributed by atoms with Gasteiger partial charge in [0.2, 0.25) is 0 Å². The molecular weight excluding hydrogens is 384 g/mol. The maximum absolute atomic E-state index is 13.4. The molecule has 2 aromatic carbocycles. The fourth-order valence-electron chi connectivity index (χ4n) is 2.48. The fourth-order valence-corrected chi connectivity index (χ4v) is 2.93. The smallest absolute Gasteiger partial charge is 0.348 e. The van der Waals surface area contributed by atoms with E-state index in [-0.39, 0.29) is 29.0 Å². The van der Waals surface area contributed by atoms with E-state index in [0.29, 0.717) is 5.69 Å². The third kappa shape index (κ3) is 6.48. The first-order valence-electron chi connectivity index (χ1n) is 8.50. The lowest BCUT2D eigenvalue weighted by molar-refractivity contribution is -0.160. The number of carbonyl (C=O) groups is 1. The Kier molecular flexibility index (Phi) is 8.18. The lowest BCUT2D eigenvalue weighted by Crippen LogP contribution is -2.15. The molecule has 1 aliphatic heterocycles. The van der Waals surface area contributed by atoms with E-state index in [1.807, 2.05) is 6.07 Å². The van der Waals surface area contributed by atoms with Crippen LogP contribution < -0.4 is 20.8 Å². The predicted octanol–water partition coefficient (Wildman–Crippen LogP) is 1.21. The number of hydrogen-bond acceptors (Lipinski definition) is 6. The quantitative estimate of drug-likeness (QED) is 0.659. The zero-order chi connectivity index (χ0) is 20.5. The second kappa shape index (κ2) is 10.6. The highest BCUT2D eigenvalue weighted by Gasteiger charge is 2.13. The molecule has 0 aromatic heterocycles. The van der Waals surface area contributed by atoms with Crippen molar-refractivity contribution < 1.29 is 23.7 Å². The molecular formula is C19H19FN3O4P. The maximum atomic E-state index is 13.4. The number of nitriles is 1. The molecule has 1 amide bonds. The molecule has 7 nitrogen and oxygen atoms in total. The number of aliphatic hydroxyl groups is 1. The van der Waals surface area contributed by atoms with Crippen LogP contribution in [0, 0.1) is 17.1 Å². The Morgan fingerprint density at radius 2 is 2.18 bits per heavy atom. The van der Waals surface area contributed by atoms with Crippen molar-refractivity contribution in [3.8, 4) is 6.07 Å². The first kappa shape index (κ1) is 21.6. The van der Waals surface area contributed by atoms with Gasteiger partial charge in [-0.3, -0.25) is 4.79 Å². The highest BCUT2D eigenvalue weighted by atomic mass is 31.1. The van der Waals surface area contributed by atoms with Crippen molar-refractivity contribution in [2.45, 2.75) is 18.9 Å². The minimum absolute atomic E-state index is 0.0342. The van der Waals surface area contributed by atoms with Crippen LogP contribution in [0.5, 0.6) is 0 Å². The van der Waals surface area contributed by atoms with E-state index < -0.39 is 19.8 Å². The number of anilines is 1. The van der Waals surface area contributed by atoms with Crippen molar-refractivity contribution in [1.82, 2.24) is 5.32 Å². The molecule has 2 aromatic rings. The van der Waals surface area contributed by atoms with Gasteiger partial charge in [-0.25, -0.2) is 4.39 Å². The van der Waals surface area contributed by atoms with Crippen LogP contribution in [0.25, 0.3) is 0 Å². The van der Waals surface area contributed by atoms with E-state index in [1.54, 1.807) is 0 Å². The number of carbonyl (C=O) groups excluding carboxylic acids is 1. The second-order valence-electron chi connectivity index (χ2n) is 6.05. The molecule has 146 valence electrons. The average molecular weight is 403 g/mol. The predicted molar refractivity (Wildman–Crippen MR) is 101 cm³/mol. The number of amides is 1. The summed E-state index contributed by atoms with van der Waals surface area (Å²) < 4.78 is 24.3. The molecule has 3 N–H and O–H groups in total. The molecule has 1 aliphatic rings. The van der Waals surface area contributed by atoms with E-state index in [2.05, 4.69) is 10.6 Å². The van der Waals surface area contributed by atoms with Gasteiger partial charge in [0.15, 0.2) is 5.30 Å². The van der Waals surface area contributed by atoms with Gasteiger partial charge < -0.3 is 20.6 Å². The molecule has 0 saturated carbocycles. The van der Waals surface area contributed by atoms with E-state index in [1.165, 1.54) is 36.4 Å². The zero-order valence-electron chi connectivity index (χ0n) is 14.9. The van der Waals surface area contributed by atoms with Crippen molar-refractivity contribution in [2.24, 2.45) is 0 Å². The lowest BCUT2D eigenvalue weighted by Gasteiger charge is -2.07. The topological polar surface area (TPSA) is 125 Å². The molecule has 3 rings (SSSR count). The van der Waals surface area contributed by atoms with Crippen LogP contribution in [-0.2, 0) is 11.0 Å². The van der Waals surface area contributed by atoms with Gasteiger partial charge in [-0.05, 0) is 43.3 Å². The Labute approximate surface area is 162 Å². The van der Waals surface area contributed by atoms with Crippen LogP contribution in [0.2, 0.25) is 0 Å². The Morgan fingerprint density at radius 1 is 1.39 bits per heavy atom. The van der Waals surface area contributed by atoms with Gasteiger partial charge in [-0.15, -0.1) is 0 Å². The summed E-state index contributed by atoms with van der Waals surface area (Å²) in [5, 5.41) is 22.9. The van der Waals surface area contributed by atoms with Crippen LogP contribution in [0.4, 0.5) is 10.1 Å². The number of hydrogen-bond donors (Lipinski definition) is 3. The molecule has 1 heterocycles. The minimum Gasteiger partial charge on any atom is -0.591 e. The molecule has 1 saturated heterocycles. The number of halogens is 1. The number of rotatable bonds is 4. The standard InChI is InChI=1S/C15H10FN2O3P.C4H9NO/c16-14-5-4-12(8-10(14)6-7-17)18-15(19)11-2-1-3-13(9-11)22(20)21;6-4-1-2-5-3-4/h1-5,8-9H,6H2,(H,18,19);4-6H,1-3H2. The summed E-state index contributed by atoms with van der Waals surface area (Å²) in [4.78, 5) is 23.0. The molecule has 0 radical (unpaired) electrons. The monoisotopic (exact) mass is 403 g/mol. The van der Waals surface area contributed by atoms with E-state index in [0.717, 1.165) is 25.6 Å². The summed E-state index contributed by atoms with van der Waals surface area (Å²) in [7, 11) is -2.78. The number of nitrogens with one attached hydrogen (secondary N) is 2. The van der Waals surface area contributed by atoms with Crippen molar-refractivity contribution in [3.05, 3.63) is 59.4 Å². The minimum atomic E-state index is -2.78. The number of β-amino-alcohol motifs (C(OH)–C–C–N with tert-alkyl or cyclic N) is 1. The normalized spacial score (nSPS) is 15.8. The van der Waals surface area contributed by atoms with Gasteiger partial charge in [-0.2, -0.15) is 5.26 Å². The van der Waals surface area contributed by atoms with Crippen molar-refractivity contribution >= 4 is 24.9 Å². The molecule has 0 spiro atoms. The molecule has 1 fully saturated rings. The van der Waals surface area contributed by atoms with Gasteiger partial charge in [-0.1, -0.05) is 10.6 Å². The summed E-state index contributed by atoms with van der Waals surface area (Å²) in [5.41, 5.74) is 0.674. The fraction of sp³-hybridized carbons (Fsp3) is 0.263. The Bertz CT molecular complexity index is 895. The highest BCUT2D eigenvalue weighted by Crippen LogP contribution is 2.17. The molecule has 28 heavy (non-hydrogen) atoms. The van der Waals surface area contributed by atoms with Gasteiger partial charge >= 0.3 is 8.03 Å². The SMILES string of the molecule is N#CCc1cc(NC(=O)c2cccc([P+](=O)[O-])c2)ccc1F.OC1CCNC1. The second-order valence-corrected chi connectivity index (χ2v) is 7.08. The van der Waals surface area contributed by atoms with E-state index >= 15 is 0 Å². The van der Waals surface area contributed by atoms with Gasteiger partial charge in [0.25, 0.3) is 5.91 Å². The summed E-state index contributed by atoms with van der Waals surface area (Å²) in [6.07, 6.45) is 0.756. The largest absolute Gasteiger partial charge is 0.591 e. The molecule has 0 bridgehead atoms. The summed E-state index contributed by atoms with van der Waals surface area (Å²) in [6.45, 7) is 1.78.